The normalized spacial score (nSPS) is 28.9. The van der Waals surface area contributed by atoms with Gasteiger partial charge in [0, 0.05) is 31.5 Å². The standard InChI is InChI=1S/C18H24FNO4/c1-2-24-17(22)20-14-4-5-15(20)11-18(23,10-14)16-6-3-13(19)9-12(16)7-8-21/h3,6,9,14-15,21,23H,2,4-5,7-8,10-11H2,1H3. The van der Waals surface area contributed by atoms with E-state index < -0.39 is 5.60 Å². The molecule has 0 aromatic heterocycles. The van der Waals surface area contributed by atoms with Crippen molar-refractivity contribution in [1.29, 1.82) is 0 Å². The van der Waals surface area contributed by atoms with E-state index in [2.05, 4.69) is 0 Å². The van der Waals surface area contributed by atoms with Crippen molar-refractivity contribution in [3.63, 3.8) is 0 Å². The van der Waals surface area contributed by atoms with Crippen LogP contribution in [-0.2, 0) is 16.8 Å². The van der Waals surface area contributed by atoms with Crippen molar-refractivity contribution in [1.82, 2.24) is 4.90 Å². The van der Waals surface area contributed by atoms with Gasteiger partial charge < -0.3 is 19.8 Å². The minimum Gasteiger partial charge on any atom is -0.450 e. The van der Waals surface area contributed by atoms with E-state index in [4.69, 9.17) is 4.74 Å². The first-order valence-electron chi connectivity index (χ1n) is 8.55. The van der Waals surface area contributed by atoms with Gasteiger partial charge in [-0.1, -0.05) is 6.07 Å². The SMILES string of the molecule is CCOC(=O)N1C2CCC1CC(O)(c1ccc(F)cc1CCO)C2. The van der Waals surface area contributed by atoms with Gasteiger partial charge in [-0.2, -0.15) is 0 Å². The number of halogens is 1. The van der Waals surface area contributed by atoms with Gasteiger partial charge in [0.2, 0.25) is 0 Å². The molecule has 1 aromatic rings. The van der Waals surface area contributed by atoms with Crippen LogP contribution in [0.15, 0.2) is 18.2 Å². The van der Waals surface area contributed by atoms with Crippen LogP contribution in [0.5, 0.6) is 0 Å². The highest BCUT2D eigenvalue weighted by atomic mass is 19.1. The molecule has 132 valence electrons. The van der Waals surface area contributed by atoms with Gasteiger partial charge >= 0.3 is 6.09 Å². The largest absolute Gasteiger partial charge is 0.450 e. The number of hydrogen-bond acceptors (Lipinski definition) is 4. The zero-order valence-corrected chi connectivity index (χ0v) is 13.9. The Kier molecular flexibility index (Phi) is 4.78. The van der Waals surface area contributed by atoms with E-state index in [-0.39, 0.29) is 30.6 Å². The van der Waals surface area contributed by atoms with Gasteiger partial charge in [0.05, 0.1) is 12.2 Å². The second kappa shape index (κ2) is 6.69. The van der Waals surface area contributed by atoms with E-state index in [0.29, 0.717) is 37.0 Å². The van der Waals surface area contributed by atoms with Gasteiger partial charge in [-0.05, 0) is 49.4 Å². The van der Waals surface area contributed by atoms with Crippen LogP contribution in [0.25, 0.3) is 0 Å². The molecule has 2 saturated heterocycles. The molecule has 0 spiro atoms. The second-order valence-electron chi connectivity index (χ2n) is 6.71. The highest BCUT2D eigenvalue weighted by Crippen LogP contribution is 2.46. The minimum atomic E-state index is -1.10. The Morgan fingerprint density at radius 1 is 1.38 bits per heavy atom. The van der Waals surface area contributed by atoms with Crippen molar-refractivity contribution < 1.29 is 24.1 Å². The number of benzene rings is 1. The van der Waals surface area contributed by atoms with Crippen LogP contribution in [0.2, 0.25) is 0 Å². The van der Waals surface area contributed by atoms with E-state index in [9.17, 15) is 19.4 Å². The fraction of sp³-hybridized carbons (Fsp3) is 0.611. The van der Waals surface area contributed by atoms with Crippen molar-refractivity contribution in [3.8, 4) is 0 Å². The molecule has 2 N–H and O–H groups in total. The lowest BCUT2D eigenvalue weighted by Gasteiger charge is -2.44. The van der Waals surface area contributed by atoms with Crippen LogP contribution in [0.4, 0.5) is 9.18 Å². The maximum atomic E-state index is 13.5. The summed E-state index contributed by atoms with van der Waals surface area (Å²) < 4.78 is 18.7. The third kappa shape index (κ3) is 3.00. The number of carbonyl (C=O) groups is 1. The maximum absolute atomic E-state index is 13.5. The van der Waals surface area contributed by atoms with Crippen molar-refractivity contribution in [3.05, 3.63) is 35.1 Å². The molecule has 6 heteroatoms. The summed E-state index contributed by atoms with van der Waals surface area (Å²) in [5, 5.41) is 20.5. The lowest BCUT2D eigenvalue weighted by Crippen LogP contribution is -2.52. The number of amides is 1. The van der Waals surface area contributed by atoms with E-state index in [1.807, 2.05) is 0 Å². The van der Waals surface area contributed by atoms with Gasteiger partial charge in [0.25, 0.3) is 0 Å². The number of fused-ring (bicyclic) bond motifs is 2. The van der Waals surface area contributed by atoms with Crippen LogP contribution < -0.4 is 0 Å². The number of aliphatic hydroxyl groups is 2. The number of aliphatic hydroxyl groups excluding tert-OH is 1. The Morgan fingerprint density at radius 3 is 2.62 bits per heavy atom. The first-order valence-corrected chi connectivity index (χ1v) is 8.55. The number of hydrogen-bond donors (Lipinski definition) is 2. The number of nitrogens with zero attached hydrogens (tertiary/aromatic N) is 1. The molecular formula is C18H24FNO4. The quantitative estimate of drug-likeness (QED) is 0.885. The predicted octanol–water partition coefficient (Wildman–Crippen LogP) is 2.33. The molecule has 2 heterocycles. The Labute approximate surface area is 141 Å². The minimum absolute atomic E-state index is 0.0696. The van der Waals surface area contributed by atoms with Crippen LogP contribution in [0.3, 0.4) is 0 Å². The van der Waals surface area contributed by atoms with E-state index in [0.717, 1.165) is 12.8 Å². The summed E-state index contributed by atoms with van der Waals surface area (Å²) in [6, 6.07) is 4.19. The molecule has 3 rings (SSSR count). The molecule has 2 atom stereocenters. The molecule has 1 amide bonds. The monoisotopic (exact) mass is 337 g/mol. The fourth-order valence-electron chi connectivity index (χ4n) is 4.28. The fourth-order valence-corrected chi connectivity index (χ4v) is 4.28. The highest BCUT2D eigenvalue weighted by Gasteiger charge is 2.51. The lowest BCUT2D eigenvalue weighted by molar-refractivity contribution is -0.0531. The molecule has 5 nitrogen and oxygen atoms in total. The molecule has 2 unspecified atom stereocenters. The number of rotatable bonds is 4. The maximum Gasteiger partial charge on any atom is 0.410 e. The molecule has 2 bridgehead atoms. The summed E-state index contributed by atoms with van der Waals surface area (Å²) in [6.45, 7) is 2.01. The zero-order valence-electron chi connectivity index (χ0n) is 13.9. The third-order valence-corrected chi connectivity index (χ3v) is 5.19. The summed E-state index contributed by atoms with van der Waals surface area (Å²) in [5.74, 6) is -0.377. The smallest absolute Gasteiger partial charge is 0.410 e. The second-order valence-corrected chi connectivity index (χ2v) is 6.71. The van der Waals surface area contributed by atoms with Crippen LogP contribution >= 0.6 is 0 Å². The molecular weight excluding hydrogens is 313 g/mol. The Bertz CT molecular complexity index is 607. The summed E-state index contributed by atoms with van der Waals surface area (Å²) in [7, 11) is 0. The molecule has 0 radical (unpaired) electrons. The Morgan fingerprint density at radius 2 is 2.04 bits per heavy atom. The topological polar surface area (TPSA) is 70.0 Å². The average Bonchev–Trinajstić information content (AvgIpc) is 2.81. The molecule has 2 fully saturated rings. The van der Waals surface area contributed by atoms with Crippen LogP contribution in [0.1, 0.15) is 43.7 Å². The molecule has 1 aromatic carbocycles. The number of carbonyl (C=O) groups excluding carboxylic acids is 1. The van der Waals surface area contributed by atoms with Crippen LogP contribution in [-0.4, -0.2) is 46.5 Å². The molecule has 24 heavy (non-hydrogen) atoms. The van der Waals surface area contributed by atoms with Gasteiger partial charge in [-0.25, -0.2) is 9.18 Å². The lowest BCUT2D eigenvalue weighted by atomic mass is 9.78. The molecule has 2 aliphatic heterocycles. The highest BCUT2D eigenvalue weighted by molar-refractivity contribution is 5.69. The summed E-state index contributed by atoms with van der Waals surface area (Å²) >= 11 is 0. The number of piperidine rings is 1. The van der Waals surface area contributed by atoms with Crippen molar-refractivity contribution in [2.45, 2.75) is 56.7 Å². The summed E-state index contributed by atoms with van der Waals surface area (Å²) in [6.07, 6.45) is 2.47. The molecule has 0 aliphatic carbocycles. The third-order valence-electron chi connectivity index (χ3n) is 5.19. The molecule has 0 saturated carbocycles. The predicted molar refractivity (Wildman–Crippen MR) is 86.0 cm³/mol. The summed E-state index contributed by atoms with van der Waals surface area (Å²) in [4.78, 5) is 13.9. The zero-order chi connectivity index (χ0) is 17.3. The van der Waals surface area contributed by atoms with E-state index in [1.165, 1.54) is 12.1 Å². The summed E-state index contributed by atoms with van der Waals surface area (Å²) in [5.41, 5.74) is 0.190. The van der Waals surface area contributed by atoms with Gasteiger partial charge in [-0.3, -0.25) is 0 Å². The first kappa shape index (κ1) is 17.2. The first-order chi connectivity index (χ1) is 11.5. The van der Waals surface area contributed by atoms with Crippen molar-refractivity contribution >= 4 is 6.09 Å². The van der Waals surface area contributed by atoms with E-state index in [1.54, 1.807) is 17.9 Å². The average molecular weight is 337 g/mol. The van der Waals surface area contributed by atoms with E-state index >= 15 is 0 Å². The number of ether oxygens (including phenoxy) is 1. The van der Waals surface area contributed by atoms with Gasteiger partial charge in [0.15, 0.2) is 0 Å². The van der Waals surface area contributed by atoms with Crippen LogP contribution in [0, 0.1) is 5.82 Å². The van der Waals surface area contributed by atoms with Gasteiger partial charge in [0.1, 0.15) is 5.82 Å². The Hall–Kier alpha value is -1.66. The molecule has 2 aliphatic rings. The van der Waals surface area contributed by atoms with Crippen molar-refractivity contribution in [2.75, 3.05) is 13.2 Å². The van der Waals surface area contributed by atoms with Gasteiger partial charge in [-0.15, -0.1) is 0 Å². The van der Waals surface area contributed by atoms with Crippen molar-refractivity contribution in [2.24, 2.45) is 0 Å². The Balaban J connectivity index is 1.88.